The fraction of sp³-hybridized carbons (Fsp3) is 0.588. The molecule has 0 spiro atoms. The first-order chi connectivity index (χ1) is 9.45. The first-order valence-electron chi connectivity index (χ1n) is 7.56. The molecule has 1 aromatic rings. The minimum Gasteiger partial charge on any atom is -0.385 e. The van der Waals surface area contributed by atoms with E-state index in [-0.39, 0.29) is 11.9 Å². The van der Waals surface area contributed by atoms with E-state index in [0.717, 1.165) is 30.6 Å². The molecule has 3 heteroatoms. The number of hydrogen-bond acceptors (Lipinski definition) is 2. The highest BCUT2D eigenvalue weighted by atomic mass is 16.2. The summed E-state index contributed by atoms with van der Waals surface area (Å²) in [6.07, 6.45) is 2.12. The van der Waals surface area contributed by atoms with Gasteiger partial charge in [-0.25, -0.2) is 0 Å². The summed E-state index contributed by atoms with van der Waals surface area (Å²) in [5.41, 5.74) is 1.83. The van der Waals surface area contributed by atoms with Gasteiger partial charge in [0.2, 0.25) is 0 Å². The molecule has 0 aliphatic carbocycles. The van der Waals surface area contributed by atoms with Gasteiger partial charge in [0, 0.05) is 30.9 Å². The number of carbonyl (C=O) groups excluding carboxylic acids is 1. The van der Waals surface area contributed by atoms with Crippen molar-refractivity contribution in [3.63, 3.8) is 0 Å². The molecule has 1 unspecified atom stereocenters. The number of nitrogens with zero attached hydrogens (tertiary/aromatic N) is 1. The molecule has 0 aromatic heterocycles. The van der Waals surface area contributed by atoms with E-state index in [2.05, 4.69) is 33.0 Å². The third-order valence-electron chi connectivity index (χ3n) is 3.50. The molecule has 0 aliphatic rings. The maximum absolute atomic E-state index is 12.4. The third kappa shape index (κ3) is 4.87. The lowest BCUT2D eigenvalue weighted by atomic mass is 10.0. The minimum atomic E-state index is 0.0974. The van der Waals surface area contributed by atoms with Crippen molar-refractivity contribution in [2.24, 2.45) is 5.92 Å². The Hall–Kier alpha value is -1.51. The zero-order valence-electron chi connectivity index (χ0n) is 13.4. The van der Waals surface area contributed by atoms with Crippen LogP contribution < -0.4 is 5.32 Å². The first-order valence-corrected chi connectivity index (χ1v) is 7.56. The van der Waals surface area contributed by atoms with Crippen LogP contribution in [0.25, 0.3) is 0 Å². The van der Waals surface area contributed by atoms with E-state index in [0.29, 0.717) is 5.92 Å². The van der Waals surface area contributed by atoms with Gasteiger partial charge in [-0.15, -0.1) is 0 Å². The summed E-state index contributed by atoms with van der Waals surface area (Å²) in [7, 11) is 1.89. The number of carbonyl (C=O) groups is 1. The van der Waals surface area contributed by atoms with Crippen LogP contribution in [-0.2, 0) is 0 Å². The zero-order chi connectivity index (χ0) is 15.1. The van der Waals surface area contributed by atoms with E-state index >= 15 is 0 Å². The Morgan fingerprint density at radius 2 is 1.80 bits per heavy atom. The van der Waals surface area contributed by atoms with Crippen molar-refractivity contribution >= 4 is 11.6 Å². The zero-order valence-corrected chi connectivity index (χ0v) is 13.4. The van der Waals surface area contributed by atoms with Gasteiger partial charge in [-0.2, -0.15) is 0 Å². The number of benzene rings is 1. The molecule has 20 heavy (non-hydrogen) atoms. The van der Waals surface area contributed by atoms with E-state index in [4.69, 9.17) is 0 Å². The average molecular weight is 276 g/mol. The smallest absolute Gasteiger partial charge is 0.253 e. The lowest BCUT2D eigenvalue weighted by molar-refractivity contribution is 0.0728. The molecule has 1 atom stereocenters. The van der Waals surface area contributed by atoms with Crippen LogP contribution >= 0.6 is 0 Å². The highest BCUT2D eigenvalue weighted by Crippen LogP contribution is 2.15. The molecule has 1 N–H and O–H groups in total. The Balaban J connectivity index is 2.66. The van der Waals surface area contributed by atoms with Crippen LogP contribution in [0.5, 0.6) is 0 Å². The third-order valence-corrected chi connectivity index (χ3v) is 3.50. The van der Waals surface area contributed by atoms with Gasteiger partial charge < -0.3 is 10.2 Å². The van der Waals surface area contributed by atoms with Crippen molar-refractivity contribution < 1.29 is 4.79 Å². The number of rotatable bonds is 7. The maximum atomic E-state index is 12.4. The van der Waals surface area contributed by atoms with Crippen molar-refractivity contribution in [1.82, 2.24) is 4.90 Å². The molecular weight excluding hydrogens is 248 g/mol. The molecule has 0 saturated carbocycles. The summed E-state index contributed by atoms with van der Waals surface area (Å²) < 4.78 is 0. The van der Waals surface area contributed by atoms with Gasteiger partial charge in [0.15, 0.2) is 0 Å². The summed E-state index contributed by atoms with van der Waals surface area (Å²) in [5.74, 6) is 0.695. The molecule has 112 valence electrons. The molecule has 0 heterocycles. The van der Waals surface area contributed by atoms with Gasteiger partial charge in [-0.1, -0.05) is 20.8 Å². The van der Waals surface area contributed by atoms with Gasteiger partial charge in [-0.3, -0.25) is 4.79 Å². The highest BCUT2D eigenvalue weighted by Gasteiger charge is 2.18. The lowest BCUT2D eigenvalue weighted by Crippen LogP contribution is -2.35. The normalized spacial score (nSPS) is 12.3. The maximum Gasteiger partial charge on any atom is 0.253 e. The quantitative estimate of drug-likeness (QED) is 0.816. The van der Waals surface area contributed by atoms with Crippen LogP contribution in [0.4, 0.5) is 5.69 Å². The summed E-state index contributed by atoms with van der Waals surface area (Å²) in [6.45, 7) is 9.57. The number of anilines is 1. The Kier molecular flexibility index (Phi) is 6.56. The molecule has 0 bridgehead atoms. The summed E-state index contributed by atoms with van der Waals surface area (Å²) in [4.78, 5) is 14.2. The van der Waals surface area contributed by atoms with E-state index in [1.54, 1.807) is 0 Å². The number of amides is 1. The molecule has 1 rings (SSSR count). The second-order valence-corrected chi connectivity index (χ2v) is 5.90. The monoisotopic (exact) mass is 276 g/mol. The summed E-state index contributed by atoms with van der Waals surface area (Å²) >= 11 is 0. The molecule has 0 saturated heterocycles. The number of hydrogen-bond donors (Lipinski definition) is 1. The Morgan fingerprint density at radius 3 is 2.30 bits per heavy atom. The lowest BCUT2D eigenvalue weighted by Gasteiger charge is -2.26. The fourth-order valence-corrected chi connectivity index (χ4v) is 2.24. The van der Waals surface area contributed by atoms with Gasteiger partial charge in [0.05, 0.1) is 0 Å². The SMILES string of the molecule is CCCNc1ccc(C(=O)N(C)C(C)CC(C)C)cc1. The predicted octanol–water partition coefficient (Wildman–Crippen LogP) is 4.02. The second kappa shape index (κ2) is 7.93. The molecular formula is C17H28N2O. The van der Waals surface area contributed by atoms with Crippen molar-refractivity contribution in [1.29, 1.82) is 0 Å². The van der Waals surface area contributed by atoms with Crippen molar-refractivity contribution in [2.45, 2.75) is 46.6 Å². The average Bonchev–Trinajstić information content (AvgIpc) is 2.43. The minimum absolute atomic E-state index is 0.0974. The highest BCUT2D eigenvalue weighted by molar-refractivity contribution is 5.94. The van der Waals surface area contributed by atoms with Gasteiger partial charge >= 0.3 is 0 Å². The Labute approximate surface area is 123 Å². The topological polar surface area (TPSA) is 32.3 Å². The van der Waals surface area contributed by atoms with Crippen molar-refractivity contribution in [2.75, 3.05) is 18.9 Å². The van der Waals surface area contributed by atoms with E-state index in [1.807, 2.05) is 36.2 Å². The number of nitrogens with one attached hydrogen (secondary N) is 1. The molecule has 3 nitrogen and oxygen atoms in total. The van der Waals surface area contributed by atoms with Crippen LogP contribution in [0.2, 0.25) is 0 Å². The second-order valence-electron chi connectivity index (χ2n) is 5.90. The molecule has 0 fully saturated rings. The van der Waals surface area contributed by atoms with Crippen LogP contribution in [0.3, 0.4) is 0 Å². The van der Waals surface area contributed by atoms with Crippen LogP contribution in [0, 0.1) is 5.92 Å². The van der Waals surface area contributed by atoms with Crippen LogP contribution in [-0.4, -0.2) is 30.4 Å². The van der Waals surface area contributed by atoms with E-state index < -0.39 is 0 Å². The predicted molar refractivity (Wildman–Crippen MR) is 86.2 cm³/mol. The van der Waals surface area contributed by atoms with Gasteiger partial charge in [0.25, 0.3) is 5.91 Å². The van der Waals surface area contributed by atoms with Gasteiger partial charge in [0.1, 0.15) is 0 Å². The Bertz CT molecular complexity index is 412. The Morgan fingerprint density at radius 1 is 1.20 bits per heavy atom. The van der Waals surface area contributed by atoms with Crippen molar-refractivity contribution in [3.8, 4) is 0 Å². The summed E-state index contributed by atoms with van der Waals surface area (Å²) in [5, 5.41) is 3.31. The van der Waals surface area contributed by atoms with Crippen LogP contribution in [0.15, 0.2) is 24.3 Å². The molecule has 0 aliphatic heterocycles. The molecule has 0 radical (unpaired) electrons. The first kappa shape index (κ1) is 16.5. The molecule has 1 amide bonds. The van der Waals surface area contributed by atoms with Gasteiger partial charge in [-0.05, 0) is 49.9 Å². The summed E-state index contributed by atoms with van der Waals surface area (Å²) in [6, 6.07) is 8.02. The largest absolute Gasteiger partial charge is 0.385 e. The van der Waals surface area contributed by atoms with Crippen molar-refractivity contribution in [3.05, 3.63) is 29.8 Å². The van der Waals surface area contributed by atoms with Crippen LogP contribution in [0.1, 0.15) is 50.9 Å². The molecule has 1 aromatic carbocycles. The fourth-order valence-electron chi connectivity index (χ4n) is 2.24. The van der Waals surface area contributed by atoms with E-state index in [9.17, 15) is 4.79 Å². The standard InChI is InChI=1S/C17H28N2O/c1-6-11-18-16-9-7-15(8-10-16)17(20)19(5)14(4)12-13(2)3/h7-10,13-14,18H,6,11-12H2,1-5H3. The van der Waals surface area contributed by atoms with E-state index in [1.165, 1.54) is 0 Å².